The molecular weight excluding hydrogens is 263 g/mol. The molecule has 104 valence electrons. The molecule has 1 aliphatic carbocycles. The summed E-state index contributed by atoms with van der Waals surface area (Å²) in [6, 6.07) is 11.6. The highest BCUT2D eigenvalue weighted by molar-refractivity contribution is 5.47. The summed E-state index contributed by atoms with van der Waals surface area (Å²) >= 11 is 0. The summed E-state index contributed by atoms with van der Waals surface area (Å²) in [6.45, 7) is 0. The summed E-state index contributed by atoms with van der Waals surface area (Å²) < 4.78 is 39.4. The maximum atomic E-state index is 13.5. The van der Waals surface area contributed by atoms with Gasteiger partial charge in [0.25, 0.3) is 0 Å². The Labute approximate surface area is 115 Å². The average molecular weight is 277 g/mol. The van der Waals surface area contributed by atoms with Crippen LogP contribution in [0.5, 0.6) is 0 Å². The fourth-order valence-corrected chi connectivity index (χ4v) is 2.59. The Morgan fingerprint density at radius 2 is 1.50 bits per heavy atom. The summed E-state index contributed by atoms with van der Waals surface area (Å²) in [5.41, 5.74) is 1.29. The lowest BCUT2D eigenvalue weighted by Gasteiger charge is -2.37. The predicted octanol–water partition coefficient (Wildman–Crippen LogP) is 4.46. The minimum Gasteiger partial charge on any atom is -0.380 e. The van der Waals surface area contributed by atoms with Crippen molar-refractivity contribution in [3.05, 3.63) is 65.5 Å². The fraction of sp³-hybridized carbons (Fsp3) is 0.250. The summed E-state index contributed by atoms with van der Waals surface area (Å²) in [4.78, 5) is 0. The zero-order valence-electron chi connectivity index (χ0n) is 10.7. The number of benzene rings is 2. The van der Waals surface area contributed by atoms with E-state index in [-0.39, 0.29) is 11.7 Å². The summed E-state index contributed by atoms with van der Waals surface area (Å²) in [5, 5.41) is 2.93. The lowest BCUT2D eigenvalue weighted by molar-refractivity contribution is 0.372. The molecule has 2 aromatic carbocycles. The van der Waals surface area contributed by atoms with Gasteiger partial charge in [-0.15, -0.1) is 0 Å². The molecular formula is C16H14F3N. The quantitative estimate of drug-likeness (QED) is 0.817. The Kier molecular flexibility index (Phi) is 3.38. The molecule has 1 fully saturated rings. The SMILES string of the molecule is Fc1cc(F)c(NC2CC(c3ccccc3)C2)cc1F. The molecule has 0 heterocycles. The molecule has 0 radical (unpaired) electrons. The van der Waals surface area contributed by atoms with Crippen LogP contribution in [0, 0.1) is 17.5 Å². The van der Waals surface area contributed by atoms with Crippen LogP contribution in [-0.2, 0) is 0 Å². The molecule has 0 amide bonds. The van der Waals surface area contributed by atoms with Gasteiger partial charge in [0.05, 0.1) is 5.69 Å². The van der Waals surface area contributed by atoms with Gasteiger partial charge in [0.2, 0.25) is 0 Å². The molecule has 0 unspecified atom stereocenters. The Balaban J connectivity index is 1.63. The van der Waals surface area contributed by atoms with Crippen LogP contribution in [0.15, 0.2) is 42.5 Å². The van der Waals surface area contributed by atoms with E-state index in [1.54, 1.807) is 0 Å². The van der Waals surface area contributed by atoms with Gasteiger partial charge < -0.3 is 5.32 Å². The number of rotatable bonds is 3. The largest absolute Gasteiger partial charge is 0.380 e. The molecule has 2 aromatic rings. The van der Waals surface area contributed by atoms with Gasteiger partial charge in [-0.05, 0) is 24.3 Å². The lowest BCUT2D eigenvalue weighted by atomic mass is 9.76. The van der Waals surface area contributed by atoms with E-state index in [1.165, 1.54) is 5.56 Å². The van der Waals surface area contributed by atoms with Crippen molar-refractivity contribution in [2.45, 2.75) is 24.8 Å². The van der Waals surface area contributed by atoms with Crippen molar-refractivity contribution in [1.29, 1.82) is 0 Å². The van der Waals surface area contributed by atoms with Crippen molar-refractivity contribution >= 4 is 5.69 Å². The first kappa shape index (κ1) is 13.0. The Bertz CT molecular complexity index is 607. The van der Waals surface area contributed by atoms with Gasteiger partial charge in [-0.1, -0.05) is 30.3 Å². The molecule has 1 N–H and O–H groups in total. The van der Waals surface area contributed by atoms with E-state index in [0.29, 0.717) is 12.0 Å². The van der Waals surface area contributed by atoms with E-state index < -0.39 is 17.5 Å². The standard InChI is InChI=1S/C16H14F3N/c17-13-8-15(19)16(9-14(13)18)20-12-6-11(7-12)10-4-2-1-3-5-10/h1-5,8-9,11-12,20H,6-7H2. The average Bonchev–Trinajstić information content (AvgIpc) is 2.40. The third-order valence-corrected chi connectivity index (χ3v) is 3.78. The highest BCUT2D eigenvalue weighted by Gasteiger charge is 2.30. The van der Waals surface area contributed by atoms with Gasteiger partial charge in [-0.3, -0.25) is 0 Å². The van der Waals surface area contributed by atoms with Crippen LogP contribution in [0.1, 0.15) is 24.3 Å². The number of nitrogens with one attached hydrogen (secondary N) is 1. The number of anilines is 1. The van der Waals surface area contributed by atoms with Crippen molar-refractivity contribution < 1.29 is 13.2 Å². The topological polar surface area (TPSA) is 12.0 Å². The Morgan fingerprint density at radius 1 is 0.850 bits per heavy atom. The molecule has 0 aliphatic heterocycles. The molecule has 1 aliphatic rings. The van der Waals surface area contributed by atoms with Crippen LogP contribution < -0.4 is 5.32 Å². The monoisotopic (exact) mass is 277 g/mol. The minimum atomic E-state index is -1.16. The zero-order chi connectivity index (χ0) is 14.1. The maximum Gasteiger partial charge on any atom is 0.161 e. The Morgan fingerprint density at radius 3 is 2.20 bits per heavy atom. The normalized spacial score (nSPS) is 21.4. The van der Waals surface area contributed by atoms with Crippen LogP contribution in [-0.4, -0.2) is 6.04 Å². The molecule has 0 bridgehead atoms. The van der Waals surface area contributed by atoms with Crippen molar-refractivity contribution in [2.24, 2.45) is 0 Å². The Hall–Kier alpha value is -1.97. The van der Waals surface area contributed by atoms with Gasteiger partial charge in [-0.25, -0.2) is 13.2 Å². The van der Waals surface area contributed by atoms with E-state index in [9.17, 15) is 13.2 Å². The van der Waals surface area contributed by atoms with Crippen molar-refractivity contribution in [3.8, 4) is 0 Å². The highest BCUT2D eigenvalue weighted by Crippen LogP contribution is 2.38. The summed E-state index contributed by atoms with van der Waals surface area (Å²) in [7, 11) is 0. The van der Waals surface area contributed by atoms with Gasteiger partial charge in [-0.2, -0.15) is 0 Å². The first-order valence-corrected chi connectivity index (χ1v) is 6.59. The second-order valence-corrected chi connectivity index (χ2v) is 5.17. The van der Waals surface area contributed by atoms with Crippen molar-refractivity contribution in [3.63, 3.8) is 0 Å². The van der Waals surface area contributed by atoms with E-state index in [2.05, 4.69) is 17.4 Å². The van der Waals surface area contributed by atoms with Crippen molar-refractivity contribution in [2.75, 3.05) is 5.32 Å². The molecule has 1 saturated carbocycles. The number of hydrogen-bond acceptors (Lipinski definition) is 1. The van der Waals surface area contributed by atoms with Gasteiger partial charge >= 0.3 is 0 Å². The smallest absolute Gasteiger partial charge is 0.161 e. The molecule has 4 heteroatoms. The molecule has 0 spiro atoms. The number of hydrogen-bond donors (Lipinski definition) is 1. The van der Waals surface area contributed by atoms with Crippen LogP contribution in [0.3, 0.4) is 0 Å². The maximum absolute atomic E-state index is 13.5. The van der Waals surface area contributed by atoms with E-state index in [0.717, 1.165) is 18.9 Å². The summed E-state index contributed by atoms with van der Waals surface area (Å²) in [5.74, 6) is -2.51. The van der Waals surface area contributed by atoms with Gasteiger partial charge in [0.1, 0.15) is 5.82 Å². The lowest BCUT2D eigenvalue weighted by Crippen LogP contribution is -2.34. The van der Waals surface area contributed by atoms with Crippen LogP contribution in [0.4, 0.5) is 18.9 Å². The minimum absolute atomic E-state index is 0.0282. The molecule has 20 heavy (non-hydrogen) atoms. The van der Waals surface area contributed by atoms with Crippen LogP contribution in [0.2, 0.25) is 0 Å². The van der Waals surface area contributed by atoms with Crippen molar-refractivity contribution in [1.82, 2.24) is 0 Å². The first-order valence-electron chi connectivity index (χ1n) is 6.59. The third kappa shape index (κ3) is 2.50. The van der Waals surface area contributed by atoms with E-state index >= 15 is 0 Å². The van der Waals surface area contributed by atoms with Crippen LogP contribution in [0.25, 0.3) is 0 Å². The molecule has 0 atom stereocenters. The third-order valence-electron chi connectivity index (χ3n) is 3.78. The van der Waals surface area contributed by atoms with Crippen LogP contribution >= 0.6 is 0 Å². The molecule has 0 aromatic heterocycles. The molecule has 0 saturated heterocycles. The number of halogens is 3. The second kappa shape index (κ2) is 5.19. The van der Waals surface area contributed by atoms with E-state index in [4.69, 9.17) is 0 Å². The zero-order valence-corrected chi connectivity index (χ0v) is 10.7. The van der Waals surface area contributed by atoms with Gasteiger partial charge in [0.15, 0.2) is 11.6 Å². The summed E-state index contributed by atoms with van der Waals surface area (Å²) in [6.07, 6.45) is 1.73. The first-order chi connectivity index (χ1) is 9.63. The fourth-order valence-electron chi connectivity index (χ4n) is 2.59. The molecule has 3 rings (SSSR count). The predicted molar refractivity (Wildman–Crippen MR) is 72.1 cm³/mol. The van der Waals surface area contributed by atoms with Gasteiger partial charge in [0, 0.05) is 18.2 Å². The highest BCUT2D eigenvalue weighted by atomic mass is 19.2. The van der Waals surface area contributed by atoms with E-state index in [1.807, 2.05) is 18.2 Å². The molecule has 1 nitrogen and oxygen atoms in total. The second-order valence-electron chi connectivity index (χ2n) is 5.17.